The van der Waals surface area contributed by atoms with Crippen LogP contribution in [0, 0.1) is 0 Å². The Morgan fingerprint density at radius 2 is 1.21 bits per heavy atom. The van der Waals surface area contributed by atoms with Crippen LogP contribution in [0.2, 0.25) is 0 Å². The van der Waals surface area contributed by atoms with Gasteiger partial charge in [-0.1, -0.05) is 49.6 Å². The van der Waals surface area contributed by atoms with Gasteiger partial charge in [-0.2, -0.15) is 0 Å². The first-order valence-corrected chi connectivity index (χ1v) is 17.0. The van der Waals surface area contributed by atoms with Gasteiger partial charge in [-0.25, -0.2) is 23.7 Å². The number of anilines is 1. The molecule has 0 spiro atoms. The predicted molar refractivity (Wildman–Crippen MR) is 200 cm³/mol. The van der Waals surface area contributed by atoms with E-state index in [0.717, 1.165) is 34.5 Å². The first kappa shape index (κ1) is 39.3. The second-order valence-electron chi connectivity index (χ2n) is 11.6. The number of hydrogen-bond acceptors (Lipinski definition) is 10. The minimum atomic E-state index is -0.479. The molecule has 0 amide bonds. The number of carbonyl (C=O) groups excluding carboxylic acids is 4. The zero-order valence-electron chi connectivity index (χ0n) is 29.7. The smallest absolute Gasteiger partial charge is 0.343 e. The van der Waals surface area contributed by atoms with E-state index in [9.17, 15) is 19.2 Å². The van der Waals surface area contributed by atoms with E-state index in [1.165, 1.54) is 6.08 Å². The summed E-state index contributed by atoms with van der Waals surface area (Å²) in [5, 5.41) is 0. The molecule has 1 aromatic heterocycles. The van der Waals surface area contributed by atoms with Gasteiger partial charge in [0.05, 0.1) is 25.3 Å². The van der Waals surface area contributed by atoms with Gasteiger partial charge in [0.2, 0.25) is 0 Å². The van der Waals surface area contributed by atoms with E-state index in [2.05, 4.69) is 13.2 Å². The molecule has 0 bridgehead atoms. The molecule has 0 N–H and O–H groups in total. The van der Waals surface area contributed by atoms with Crippen LogP contribution >= 0.6 is 0 Å². The molecule has 0 aliphatic heterocycles. The highest BCUT2D eigenvalue weighted by Crippen LogP contribution is 2.24. The van der Waals surface area contributed by atoms with E-state index < -0.39 is 23.9 Å². The van der Waals surface area contributed by atoms with Crippen molar-refractivity contribution in [2.75, 3.05) is 44.9 Å². The fourth-order valence-electron chi connectivity index (χ4n) is 4.77. The average Bonchev–Trinajstić information content (AvgIpc) is 3.19. The number of hydrogen-bond donors (Lipinski definition) is 0. The molecule has 0 saturated heterocycles. The predicted octanol–water partition coefficient (Wildman–Crippen LogP) is 6.17. The summed E-state index contributed by atoms with van der Waals surface area (Å²) in [5.74, 6) is -0.786. The molecule has 1 heterocycles. The molecule has 11 nitrogen and oxygen atoms in total. The molecular weight excluding hydrogens is 676 g/mol. The molecule has 0 fully saturated rings. The summed E-state index contributed by atoms with van der Waals surface area (Å²) in [6.07, 6.45) is 10.4. The number of ether oxygens (including phenoxy) is 5. The molecule has 11 heteroatoms. The maximum absolute atomic E-state index is 12.8. The minimum absolute atomic E-state index is 0.235. The molecule has 0 unspecified atom stereocenters. The second kappa shape index (κ2) is 21.0. The summed E-state index contributed by atoms with van der Waals surface area (Å²) in [6.45, 7) is 9.10. The molecule has 0 saturated carbocycles. The number of esters is 4. The Hall–Kier alpha value is -6.49. The largest absolute Gasteiger partial charge is 0.487 e. The van der Waals surface area contributed by atoms with Crippen LogP contribution in [0.5, 0.6) is 11.5 Å². The van der Waals surface area contributed by atoms with E-state index in [1.54, 1.807) is 42.5 Å². The SMILES string of the molecule is C=CC(=O)OCCCCOC(=O)/C=C/c1ccc(-c2ccc(OC(=O)c3ccc(OCC[n+]4ccc(N(C)CCOC(=O)C=C)cc4)cc3)cc2)cc1. The topological polar surface area (TPSA) is 122 Å². The van der Waals surface area contributed by atoms with E-state index in [1.807, 2.05) is 77.4 Å². The quantitative estimate of drug-likeness (QED) is 0.0262. The van der Waals surface area contributed by atoms with Crippen LogP contribution in [0.15, 0.2) is 129 Å². The Labute approximate surface area is 309 Å². The maximum Gasteiger partial charge on any atom is 0.343 e. The third-order valence-electron chi connectivity index (χ3n) is 7.77. The highest BCUT2D eigenvalue weighted by molar-refractivity contribution is 5.91. The molecule has 0 aliphatic rings. The highest BCUT2D eigenvalue weighted by atomic mass is 16.5. The average molecular weight is 720 g/mol. The standard InChI is InChI=1S/C42H43N2O9/c1-4-39(45)50-28-6-7-29-51-41(47)21-10-32-8-11-33(12-9-32)34-13-19-38(20-14-34)53-42(48)35-15-17-37(18-16-35)49-31-27-44-24-22-36(23-25-44)43(3)26-30-52-40(46)5-2/h4-5,8-25H,1-2,6-7,26-31H2,3H3/q+1/b21-10+. The second-order valence-corrected chi connectivity index (χ2v) is 11.6. The summed E-state index contributed by atoms with van der Waals surface area (Å²) in [7, 11) is 1.92. The van der Waals surface area contributed by atoms with E-state index in [4.69, 9.17) is 23.7 Å². The van der Waals surface area contributed by atoms with Crippen LogP contribution in [0.3, 0.4) is 0 Å². The van der Waals surface area contributed by atoms with Gasteiger partial charge < -0.3 is 28.6 Å². The number of aromatic nitrogens is 1. The van der Waals surface area contributed by atoms with Crippen molar-refractivity contribution in [3.63, 3.8) is 0 Å². The minimum Gasteiger partial charge on any atom is -0.487 e. The molecule has 274 valence electrons. The van der Waals surface area contributed by atoms with E-state index >= 15 is 0 Å². The zero-order chi connectivity index (χ0) is 37.8. The van der Waals surface area contributed by atoms with Gasteiger partial charge in [-0.3, -0.25) is 0 Å². The zero-order valence-corrected chi connectivity index (χ0v) is 29.7. The Bertz CT molecular complexity index is 1850. The van der Waals surface area contributed by atoms with Crippen LogP contribution < -0.4 is 18.9 Å². The van der Waals surface area contributed by atoms with Crippen molar-refractivity contribution in [1.29, 1.82) is 0 Å². The van der Waals surface area contributed by atoms with E-state index in [0.29, 0.717) is 49.6 Å². The Morgan fingerprint density at radius 3 is 1.81 bits per heavy atom. The lowest BCUT2D eigenvalue weighted by Gasteiger charge is -2.18. The van der Waals surface area contributed by atoms with Crippen molar-refractivity contribution in [3.05, 3.63) is 140 Å². The van der Waals surface area contributed by atoms with Gasteiger partial charge in [-0.05, 0) is 72.0 Å². The lowest BCUT2D eigenvalue weighted by Crippen LogP contribution is -2.36. The number of pyridine rings is 1. The van der Waals surface area contributed by atoms with Gasteiger partial charge in [-0.15, -0.1) is 0 Å². The Balaban J connectivity index is 1.16. The van der Waals surface area contributed by atoms with Crippen LogP contribution in [-0.2, 0) is 35.1 Å². The van der Waals surface area contributed by atoms with Crippen LogP contribution in [0.4, 0.5) is 5.69 Å². The number of nitrogens with zero attached hydrogens (tertiary/aromatic N) is 2. The van der Waals surface area contributed by atoms with Gasteiger partial charge in [0.1, 0.15) is 24.7 Å². The van der Waals surface area contributed by atoms with Crippen molar-refractivity contribution >= 4 is 35.6 Å². The first-order chi connectivity index (χ1) is 25.7. The molecular formula is C42H43N2O9+. The number of unbranched alkanes of at least 4 members (excludes halogenated alkanes) is 1. The number of benzene rings is 3. The Morgan fingerprint density at radius 1 is 0.660 bits per heavy atom. The molecule has 53 heavy (non-hydrogen) atoms. The molecule has 0 atom stereocenters. The summed E-state index contributed by atoms with van der Waals surface area (Å²) in [4.78, 5) is 49.0. The van der Waals surface area contributed by atoms with Crippen molar-refractivity contribution in [3.8, 4) is 22.6 Å². The van der Waals surface area contributed by atoms with Gasteiger partial charge >= 0.3 is 23.9 Å². The van der Waals surface area contributed by atoms with Crippen molar-refractivity contribution in [2.45, 2.75) is 19.4 Å². The third kappa shape index (κ3) is 13.6. The summed E-state index contributed by atoms with van der Waals surface area (Å²) in [6, 6.07) is 25.6. The summed E-state index contributed by atoms with van der Waals surface area (Å²) >= 11 is 0. The van der Waals surface area contributed by atoms with Gasteiger partial charge in [0.25, 0.3) is 0 Å². The fourth-order valence-corrected chi connectivity index (χ4v) is 4.77. The van der Waals surface area contributed by atoms with E-state index in [-0.39, 0.29) is 19.8 Å². The lowest BCUT2D eigenvalue weighted by atomic mass is 10.0. The Kier molecular flexibility index (Phi) is 15.6. The fraction of sp³-hybridized carbons (Fsp3) is 0.214. The third-order valence-corrected chi connectivity index (χ3v) is 7.77. The number of carbonyl (C=O) groups is 4. The molecule has 4 aromatic rings. The lowest BCUT2D eigenvalue weighted by molar-refractivity contribution is -0.697. The van der Waals surface area contributed by atoms with Crippen molar-refractivity contribution < 1.29 is 47.4 Å². The molecule has 3 aromatic carbocycles. The van der Waals surface area contributed by atoms with Crippen molar-refractivity contribution in [2.24, 2.45) is 0 Å². The number of rotatable bonds is 20. The van der Waals surface area contributed by atoms with Gasteiger partial charge in [0.15, 0.2) is 18.9 Å². The highest BCUT2D eigenvalue weighted by Gasteiger charge is 2.11. The summed E-state index contributed by atoms with van der Waals surface area (Å²) in [5.41, 5.74) is 4.11. The van der Waals surface area contributed by atoms with Crippen LogP contribution in [0.1, 0.15) is 28.8 Å². The van der Waals surface area contributed by atoms with Crippen molar-refractivity contribution in [1.82, 2.24) is 0 Å². The molecule has 4 rings (SSSR count). The first-order valence-electron chi connectivity index (χ1n) is 17.0. The van der Waals surface area contributed by atoms with Crippen LogP contribution in [-0.4, -0.2) is 63.9 Å². The normalized spacial score (nSPS) is 10.6. The molecule has 0 aliphatic carbocycles. The van der Waals surface area contributed by atoms with Crippen LogP contribution in [0.25, 0.3) is 17.2 Å². The van der Waals surface area contributed by atoms with Gasteiger partial charge in [0, 0.05) is 43.1 Å². The summed E-state index contributed by atoms with van der Waals surface area (Å²) < 4.78 is 28.5. The number of likely N-dealkylation sites (N-methyl/N-ethyl adjacent to an activating group) is 1. The monoisotopic (exact) mass is 719 g/mol. The maximum atomic E-state index is 12.8. The molecule has 0 radical (unpaired) electrons.